The van der Waals surface area contributed by atoms with Crippen LogP contribution in [0.3, 0.4) is 0 Å². The van der Waals surface area contributed by atoms with Gasteiger partial charge in [-0.2, -0.15) is 14.0 Å². The van der Waals surface area contributed by atoms with E-state index in [0.29, 0.717) is 42.4 Å². The molecule has 0 bridgehead atoms. The van der Waals surface area contributed by atoms with E-state index in [4.69, 9.17) is 23.3 Å². The summed E-state index contributed by atoms with van der Waals surface area (Å²) in [5.41, 5.74) is -4.77. The lowest BCUT2D eigenvalue weighted by molar-refractivity contribution is -0.146. The molecule has 4 aliphatic rings. The second-order valence-electron chi connectivity index (χ2n) is 16.8. The average molecular weight is 962 g/mol. The molecule has 1 unspecified atom stereocenters. The average Bonchev–Trinajstić information content (AvgIpc) is 4.00. The molecule has 2 aromatic heterocycles. The number of thioether (sulfide) groups is 1. The molecule has 4 fully saturated rings. The van der Waals surface area contributed by atoms with Crippen LogP contribution in [0, 0.1) is 23.2 Å². The Morgan fingerprint density at radius 3 is 2.57 bits per heavy atom. The summed E-state index contributed by atoms with van der Waals surface area (Å²) in [7, 11) is -5.48. The number of likely N-dealkylation sites (tertiary alicyclic amines) is 1. The van der Waals surface area contributed by atoms with Crippen molar-refractivity contribution in [2.75, 3.05) is 45.5 Å². The molecule has 22 heteroatoms. The number of fused-ring (bicyclic) bond motifs is 2. The number of thiophene rings is 1. The van der Waals surface area contributed by atoms with E-state index in [2.05, 4.69) is 16.4 Å². The number of pyridine rings is 1. The number of aromatic amines is 1. The second kappa shape index (κ2) is 20.9. The van der Waals surface area contributed by atoms with Crippen LogP contribution in [0.1, 0.15) is 85.5 Å². The van der Waals surface area contributed by atoms with Crippen molar-refractivity contribution >= 4 is 69.8 Å². The molecule has 1 aromatic carbocycles. The summed E-state index contributed by atoms with van der Waals surface area (Å²) in [5.74, 6) is -2.29. The summed E-state index contributed by atoms with van der Waals surface area (Å²) in [4.78, 5) is 84.5. The Kier molecular flexibility index (Phi) is 15.5. The fourth-order valence-electron chi connectivity index (χ4n) is 8.49. The van der Waals surface area contributed by atoms with Crippen molar-refractivity contribution in [3.63, 3.8) is 0 Å². The van der Waals surface area contributed by atoms with Crippen LogP contribution in [0.4, 0.5) is 13.6 Å². The standard InChI is InChI=1S/C43H50F2N5O12PS2/c1-25(2)15-38(52)64-14-13-60-63(57,61-24-59-42(56)62-31-22-58-23-31)43(44,45)29-7-10-35-27(16-29)17-36(65-35)39(53)48-33-6-4-3-5-30-8-9-34(50(30)40(33)54)41(55)49-20-28(19-46)32(21-49)26-11-12-47-37(51)18-26/h7,10-12,16-18,25,28,30-34H,3-6,8-9,13-15,20-24H2,1-2H3,(H,47,51)(H,48,53)/t28-,30+,32+,33+,34+,63?/m1/s1. The Labute approximate surface area is 381 Å². The lowest BCUT2D eigenvalue weighted by Crippen LogP contribution is -2.56. The molecular weight excluding hydrogens is 912 g/mol. The Bertz CT molecular complexity index is 2420. The number of nitrogens with zero attached hydrogens (tertiary/aromatic N) is 3. The van der Waals surface area contributed by atoms with Gasteiger partial charge in [0.25, 0.3) is 5.91 Å². The highest BCUT2D eigenvalue weighted by Crippen LogP contribution is 2.67. The third-order valence-electron chi connectivity index (χ3n) is 11.8. The van der Waals surface area contributed by atoms with E-state index < -0.39 is 74.3 Å². The lowest BCUT2D eigenvalue weighted by Gasteiger charge is -2.36. The number of aromatic nitrogens is 1. The first-order valence-corrected chi connectivity index (χ1v) is 24.8. The minimum Gasteiger partial charge on any atom is -0.426 e. The van der Waals surface area contributed by atoms with Gasteiger partial charge in [-0.1, -0.05) is 44.5 Å². The summed E-state index contributed by atoms with van der Waals surface area (Å²) in [6, 6.07) is 8.14. The second-order valence-corrected chi connectivity index (χ2v) is 21.2. The number of hydrogen-bond acceptors (Lipinski definition) is 15. The maximum atomic E-state index is 16.4. The quantitative estimate of drug-likeness (QED) is 0.0679. The largest absolute Gasteiger partial charge is 0.510 e. The number of nitriles is 1. The molecular formula is C43H50F2N5O12PS2. The van der Waals surface area contributed by atoms with Gasteiger partial charge in [-0.05, 0) is 66.8 Å². The highest BCUT2D eigenvalue weighted by Gasteiger charge is 2.56. The van der Waals surface area contributed by atoms with E-state index in [9.17, 15) is 38.6 Å². The molecule has 0 saturated carbocycles. The summed E-state index contributed by atoms with van der Waals surface area (Å²) < 4.78 is 71.9. The monoisotopic (exact) mass is 961 g/mol. The van der Waals surface area contributed by atoms with Crippen LogP contribution in [0.2, 0.25) is 0 Å². The number of rotatable bonds is 16. The fourth-order valence-corrected chi connectivity index (χ4v) is 11.8. The summed E-state index contributed by atoms with van der Waals surface area (Å²) >= 11 is 1.82. The van der Waals surface area contributed by atoms with Crippen molar-refractivity contribution in [2.24, 2.45) is 11.8 Å². The van der Waals surface area contributed by atoms with Gasteiger partial charge >= 0.3 is 19.4 Å². The van der Waals surface area contributed by atoms with Crippen molar-refractivity contribution in [3.05, 3.63) is 69.0 Å². The van der Waals surface area contributed by atoms with Crippen LogP contribution in [0.25, 0.3) is 10.1 Å². The molecule has 3 amide bonds. The third kappa shape index (κ3) is 11.1. The van der Waals surface area contributed by atoms with Gasteiger partial charge in [0.05, 0.1) is 36.7 Å². The molecule has 0 radical (unpaired) electrons. The van der Waals surface area contributed by atoms with E-state index in [1.807, 2.05) is 13.8 Å². The van der Waals surface area contributed by atoms with Gasteiger partial charge in [0.1, 0.15) is 12.1 Å². The van der Waals surface area contributed by atoms with Gasteiger partial charge in [-0.25, -0.2) is 4.79 Å². The third-order valence-corrected chi connectivity index (χ3v) is 15.7. The SMILES string of the molecule is CC(C)CC(=O)SCCOP(=O)(OCOC(=O)OC1COC1)C(F)(F)c1ccc2sc(C(=O)N[C@H]3CCCC[C@H]4CC[C@@H](C(=O)N5C[C@@H](C#N)[C@H](c6cc[nH]c(=O)c6)C5)N4C3=O)cc2c1. The van der Waals surface area contributed by atoms with Crippen LogP contribution >= 0.6 is 30.7 Å². The van der Waals surface area contributed by atoms with Crippen molar-refractivity contribution in [1.82, 2.24) is 20.1 Å². The van der Waals surface area contributed by atoms with Crippen LogP contribution in [-0.2, 0) is 47.9 Å². The van der Waals surface area contributed by atoms with E-state index >= 15 is 8.78 Å². The number of carbonyl (C=O) groups excluding carboxylic acids is 5. The Morgan fingerprint density at radius 2 is 1.85 bits per heavy atom. The number of nitrogens with one attached hydrogen (secondary N) is 2. The first-order chi connectivity index (χ1) is 31.1. The van der Waals surface area contributed by atoms with E-state index in [1.165, 1.54) is 24.4 Å². The molecule has 350 valence electrons. The van der Waals surface area contributed by atoms with Crippen molar-refractivity contribution in [2.45, 2.75) is 94.6 Å². The smallest absolute Gasteiger partial charge is 0.426 e. The van der Waals surface area contributed by atoms with Crippen LogP contribution in [0.15, 0.2) is 47.4 Å². The molecule has 0 spiro atoms. The molecule has 4 aliphatic heterocycles. The molecule has 4 saturated heterocycles. The molecule has 65 heavy (non-hydrogen) atoms. The molecule has 7 rings (SSSR count). The van der Waals surface area contributed by atoms with Crippen molar-refractivity contribution < 1.29 is 60.6 Å². The van der Waals surface area contributed by atoms with Gasteiger partial charge < -0.3 is 38.8 Å². The van der Waals surface area contributed by atoms with Gasteiger partial charge in [0.2, 0.25) is 24.2 Å². The maximum absolute atomic E-state index is 16.4. The minimum atomic E-state index is -5.48. The van der Waals surface area contributed by atoms with Gasteiger partial charge in [0, 0.05) is 59.7 Å². The topological polar surface area (TPSA) is 224 Å². The normalized spacial score (nSPS) is 23.5. The number of benzene rings is 1. The number of amides is 3. The van der Waals surface area contributed by atoms with E-state index in [-0.39, 0.29) is 83.2 Å². The van der Waals surface area contributed by atoms with Crippen molar-refractivity contribution in [3.8, 4) is 6.07 Å². The molecule has 17 nitrogen and oxygen atoms in total. The van der Waals surface area contributed by atoms with Gasteiger partial charge in [-0.3, -0.25) is 33.1 Å². The zero-order chi connectivity index (χ0) is 46.5. The molecule has 6 atom stereocenters. The van der Waals surface area contributed by atoms with Crippen LogP contribution in [0.5, 0.6) is 0 Å². The van der Waals surface area contributed by atoms with Gasteiger partial charge in [0.15, 0.2) is 11.2 Å². The number of hydrogen-bond donors (Lipinski definition) is 2. The summed E-state index contributed by atoms with van der Waals surface area (Å²) in [5, 5.41) is 12.8. The Balaban J connectivity index is 1.04. The Morgan fingerprint density at radius 1 is 1.06 bits per heavy atom. The maximum Gasteiger partial charge on any atom is 0.510 e. The predicted molar refractivity (Wildman–Crippen MR) is 233 cm³/mol. The Hall–Kier alpha value is -4.71. The van der Waals surface area contributed by atoms with Crippen LogP contribution in [-0.4, -0.2) is 113 Å². The number of halogens is 2. The predicted octanol–water partition coefficient (Wildman–Crippen LogP) is 6.48. The molecule has 2 N–H and O–H groups in total. The lowest BCUT2D eigenvalue weighted by atomic mass is 9.91. The summed E-state index contributed by atoms with van der Waals surface area (Å²) in [6.07, 6.45) is 3.29. The highest BCUT2D eigenvalue weighted by molar-refractivity contribution is 8.13. The first-order valence-electron chi connectivity index (χ1n) is 21.4. The molecule has 0 aliphatic carbocycles. The van der Waals surface area contributed by atoms with E-state index in [0.717, 1.165) is 41.7 Å². The molecule has 6 heterocycles. The fraction of sp³-hybridized carbons (Fsp3) is 0.558. The van der Waals surface area contributed by atoms with Crippen molar-refractivity contribution in [1.29, 1.82) is 5.26 Å². The number of H-pyrrole nitrogens is 1. The van der Waals surface area contributed by atoms with E-state index in [1.54, 1.807) is 15.9 Å². The summed E-state index contributed by atoms with van der Waals surface area (Å²) in [6.45, 7) is 2.55. The number of alkyl halides is 2. The first kappa shape index (κ1) is 48.2. The number of ether oxygens (including phenoxy) is 3. The van der Waals surface area contributed by atoms with Crippen LogP contribution < -0.4 is 10.9 Å². The molecule has 3 aromatic rings. The number of carbonyl (C=O) groups is 5. The van der Waals surface area contributed by atoms with Gasteiger partial charge in [-0.15, -0.1) is 11.3 Å². The highest BCUT2D eigenvalue weighted by atomic mass is 32.2. The minimum absolute atomic E-state index is 0.0648. The zero-order valence-electron chi connectivity index (χ0n) is 35.7. The zero-order valence-corrected chi connectivity index (χ0v) is 38.3.